The Hall–Kier alpha value is -3.40. The van der Waals surface area contributed by atoms with E-state index in [0.29, 0.717) is 24.4 Å². The van der Waals surface area contributed by atoms with E-state index in [1.807, 2.05) is 31.2 Å². The van der Waals surface area contributed by atoms with Gasteiger partial charge in [0.05, 0.1) is 21.9 Å². The number of aliphatic imine (C=N–C) groups is 1. The molecule has 3 amide bonds. The summed E-state index contributed by atoms with van der Waals surface area (Å²) in [7, 11) is -3.42. The van der Waals surface area contributed by atoms with E-state index in [9.17, 15) is 23.1 Å². The zero-order valence-electron chi connectivity index (χ0n) is 23.3. The number of carbonyl (C=O) groups excluding carboxylic acids is 1. The second kappa shape index (κ2) is 10.9. The predicted octanol–water partition coefficient (Wildman–Crippen LogP) is 5.70. The Morgan fingerprint density at radius 1 is 1.07 bits per heavy atom. The molecule has 2 saturated heterocycles. The van der Waals surface area contributed by atoms with Crippen LogP contribution < -0.4 is 10.2 Å². The first kappa shape index (κ1) is 28.1. The molecule has 3 aliphatic rings. The number of carbonyl (C=O) groups is 2. The van der Waals surface area contributed by atoms with Crippen molar-refractivity contribution < 1.29 is 23.1 Å². The maximum atomic E-state index is 13.8. The maximum Gasteiger partial charge on any atom is 0.407 e. The van der Waals surface area contributed by atoms with Gasteiger partial charge in [0.25, 0.3) is 0 Å². The number of amidine groups is 1. The van der Waals surface area contributed by atoms with Gasteiger partial charge in [-0.15, -0.1) is 0 Å². The average Bonchev–Trinajstić information content (AvgIpc) is 3.18. The van der Waals surface area contributed by atoms with Crippen molar-refractivity contribution >= 4 is 33.5 Å². The van der Waals surface area contributed by atoms with Crippen LogP contribution >= 0.6 is 0 Å². The quantitative estimate of drug-likeness (QED) is 0.481. The molecule has 1 saturated carbocycles. The van der Waals surface area contributed by atoms with Crippen LogP contribution in [-0.2, 0) is 9.84 Å². The van der Waals surface area contributed by atoms with Crippen LogP contribution in [-0.4, -0.2) is 65.8 Å². The van der Waals surface area contributed by atoms with Crippen LogP contribution in [0.4, 0.5) is 15.3 Å². The summed E-state index contributed by atoms with van der Waals surface area (Å²) in [6.07, 6.45) is 5.26. The molecule has 1 aliphatic carbocycles. The minimum atomic E-state index is -3.42. The van der Waals surface area contributed by atoms with E-state index in [4.69, 9.17) is 4.99 Å². The summed E-state index contributed by atoms with van der Waals surface area (Å²) in [5.74, 6) is 0.634. The minimum absolute atomic E-state index is 0.138. The standard InChI is InChI=1S/C30H38N4O5S/c1-20(2)40(38,39)24-15-13-22(14-16-24)25-11-7-8-12-26(25)34-28(35)32-27(31-23-9-5-4-6-10-23)30(34)17-18-33(29(36)37)21(3)19-30/h7-8,11-16,20-21,23H,4-6,9-10,17-19H2,1-3H3,(H,36,37)(H,31,32,35). The van der Waals surface area contributed by atoms with E-state index in [1.165, 1.54) is 11.3 Å². The molecule has 10 heteroatoms. The van der Waals surface area contributed by atoms with E-state index in [-0.39, 0.29) is 29.6 Å². The number of likely N-dealkylation sites (tertiary alicyclic amines) is 1. The lowest BCUT2D eigenvalue weighted by atomic mass is 9.81. The van der Waals surface area contributed by atoms with Crippen LogP contribution in [0.5, 0.6) is 0 Å². The van der Waals surface area contributed by atoms with Crippen molar-refractivity contribution in [3.05, 3.63) is 48.5 Å². The number of nitrogens with one attached hydrogen (secondary N) is 1. The third kappa shape index (κ3) is 4.98. The van der Waals surface area contributed by atoms with Gasteiger partial charge in [-0.25, -0.2) is 18.0 Å². The number of sulfone groups is 1. The highest BCUT2D eigenvalue weighted by atomic mass is 32.2. The fourth-order valence-electron chi connectivity index (χ4n) is 6.40. The largest absolute Gasteiger partial charge is 0.465 e. The van der Waals surface area contributed by atoms with Gasteiger partial charge in [0.1, 0.15) is 11.4 Å². The Morgan fingerprint density at radius 2 is 1.75 bits per heavy atom. The number of urea groups is 1. The van der Waals surface area contributed by atoms with Crippen molar-refractivity contribution in [2.75, 3.05) is 11.4 Å². The van der Waals surface area contributed by atoms with Crippen molar-refractivity contribution in [2.24, 2.45) is 4.99 Å². The molecule has 40 heavy (non-hydrogen) atoms. The van der Waals surface area contributed by atoms with Crippen LogP contribution in [0.15, 0.2) is 58.4 Å². The summed E-state index contributed by atoms with van der Waals surface area (Å²) in [6, 6.07) is 13.9. The van der Waals surface area contributed by atoms with Gasteiger partial charge < -0.3 is 10.0 Å². The number of carboxylic acid groups (broad SMARTS) is 1. The van der Waals surface area contributed by atoms with Crippen LogP contribution in [0.1, 0.15) is 65.7 Å². The van der Waals surface area contributed by atoms with Crippen LogP contribution in [0.3, 0.4) is 0 Å². The van der Waals surface area contributed by atoms with Gasteiger partial charge in [-0.1, -0.05) is 49.6 Å². The molecule has 0 radical (unpaired) electrons. The number of hydrogen-bond donors (Lipinski definition) is 2. The van der Waals surface area contributed by atoms with Crippen LogP contribution in [0.2, 0.25) is 0 Å². The average molecular weight is 567 g/mol. The molecule has 2 aromatic rings. The molecule has 0 aromatic heterocycles. The Bertz CT molecular complexity index is 1420. The van der Waals surface area contributed by atoms with E-state index in [0.717, 1.165) is 36.8 Å². The molecule has 2 heterocycles. The summed E-state index contributed by atoms with van der Waals surface area (Å²) in [6.45, 7) is 5.49. The lowest BCUT2D eigenvalue weighted by Crippen LogP contribution is -2.60. The SMILES string of the molecule is CC1CC2(CCN1C(=O)O)C(=NC1CCCCC1)NC(=O)N2c1ccccc1-c1ccc(S(=O)(=O)C(C)C)cc1. The number of amides is 3. The van der Waals surface area contributed by atoms with E-state index in [1.54, 1.807) is 43.0 Å². The monoisotopic (exact) mass is 566 g/mol. The molecule has 214 valence electrons. The predicted molar refractivity (Wildman–Crippen MR) is 156 cm³/mol. The Kier molecular flexibility index (Phi) is 7.65. The highest BCUT2D eigenvalue weighted by Crippen LogP contribution is 2.44. The van der Waals surface area contributed by atoms with E-state index in [2.05, 4.69) is 5.32 Å². The molecule has 1 spiro atoms. The van der Waals surface area contributed by atoms with Crippen molar-refractivity contribution in [2.45, 2.75) is 93.5 Å². The molecule has 3 fully saturated rings. The van der Waals surface area contributed by atoms with Gasteiger partial charge in [-0.05, 0) is 70.2 Å². The highest BCUT2D eigenvalue weighted by Gasteiger charge is 2.55. The van der Waals surface area contributed by atoms with Crippen molar-refractivity contribution in [3.8, 4) is 11.1 Å². The molecular formula is C30H38N4O5S. The van der Waals surface area contributed by atoms with Gasteiger partial charge in [0.15, 0.2) is 9.84 Å². The second-order valence-electron chi connectivity index (χ2n) is 11.5. The van der Waals surface area contributed by atoms with Gasteiger partial charge in [0, 0.05) is 18.2 Å². The summed E-state index contributed by atoms with van der Waals surface area (Å²) in [4.78, 5) is 34.3. The van der Waals surface area contributed by atoms with Crippen LogP contribution in [0.25, 0.3) is 11.1 Å². The number of para-hydroxylation sites is 1. The zero-order chi connectivity index (χ0) is 28.7. The van der Waals surface area contributed by atoms with Crippen LogP contribution in [0, 0.1) is 0 Å². The molecule has 2 aliphatic heterocycles. The second-order valence-corrected chi connectivity index (χ2v) is 14.0. The normalized spacial score (nSPS) is 25.1. The van der Waals surface area contributed by atoms with Gasteiger partial charge in [0.2, 0.25) is 0 Å². The van der Waals surface area contributed by atoms with E-state index < -0.39 is 26.7 Å². The first-order valence-electron chi connectivity index (χ1n) is 14.2. The minimum Gasteiger partial charge on any atom is -0.465 e. The van der Waals surface area contributed by atoms with Crippen molar-refractivity contribution in [1.29, 1.82) is 0 Å². The first-order chi connectivity index (χ1) is 19.0. The van der Waals surface area contributed by atoms with Crippen molar-refractivity contribution in [3.63, 3.8) is 0 Å². The Morgan fingerprint density at radius 3 is 2.38 bits per heavy atom. The fourth-order valence-corrected chi connectivity index (χ4v) is 7.46. The van der Waals surface area contributed by atoms with Gasteiger partial charge in [-0.3, -0.25) is 15.2 Å². The molecule has 2 aromatic carbocycles. The fraction of sp³-hybridized carbons (Fsp3) is 0.500. The summed E-state index contributed by atoms with van der Waals surface area (Å²) >= 11 is 0. The summed E-state index contributed by atoms with van der Waals surface area (Å²) < 4.78 is 25.4. The number of benzene rings is 2. The number of nitrogens with zero attached hydrogens (tertiary/aromatic N) is 3. The number of hydrogen-bond acceptors (Lipinski definition) is 5. The first-order valence-corrected chi connectivity index (χ1v) is 15.7. The van der Waals surface area contributed by atoms with Gasteiger partial charge >= 0.3 is 12.1 Å². The van der Waals surface area contributed by atoms with Crippen molar-refractivity contribution in [1.82, 2.24) is 10.2 Å². The molecular weight excluding hydrogens is 528 g/mol. The molecule has 2 N–H and O–H groups in total. The smallest absolute Gasteiger partial charge is 0.407 e. The molecule has 0 bridgehead atoms. The third-order valence-corrected chi connectivity index (χ3v) is 10.8. The maximum absolute atomic E-state index is 13.8. The highest BCUT2D eigenvalue weighted by molar-refractivity contribution is 7.92. The molecule has 2 unspecified atom stereocenters. The number of rotatable bonds is 5. The summed E-state index contributed by atoms with van der Waals surface area (Å²) in [5.41, 5.74) is 1.45. The Labute approximate surface area is 236 Å². The number of anilines is 1. The molecule has 5 rings (SSSR count). The topological polar surface area (TPSA) is 119 Å². The summed E-state index contributed by atoms with van der Waals surface area (Å²) in [5, 5.41) is 12.3. The molecule has 2 atom stereocenters. The zero-order valence-corrected chi connectivity index (χ0v) is 24.2. The lowest BCUT2D eigenvalue weighted by molar-refractivity contribution is 0.100. The Balaban J connectivity index is 1.59. The van der Waals surface area contributed by atoms with E-state index >= 15 is 0 Å². The third-order valence-electron chi connectivity index (χ3n) is 8.62. The lowest BCUT2D eigenvalue weighted by Gasteiger charge is -2.46. The molecule has 9 nitrogen and oxygen atoms in total. The van der Waals surface area contributed by atoms with Gasteiger partial charge in [-0.2, -0.15) is 0 Å². The number of piperidine rings is 1.